The third-order valence-corrected chi connectivity index (χ3v) is 8.37. The quantitative estimate of drug-likeness (QED) is 0.542. The fraction of sp³-hybridized carbons (Fsp3) is 0.346. The highest BCUT2D eigenvalue weighted by Crippen LogP contribution is 2.26. The molecule has 0 unspecified atom stereocenters. The van der Waals surface area contributed by atoms with Crippen molar-refractivity contribution >= 4 is 21.7 Å². The number of carbonyl (C=O) groups excluding carboxylic acids is 1. The number of rotatable bonds is 5. The Morgan fingerprint density at radius 1 is 0.829 bits per heavy atom. The van der Waals surface area contributed by atoms with Gasteiger partial charge < -0.3 is 9.80 Å². The summed E-state index contributed by atoms with van der Waals surface area (Å²) in [6.07, 6.45) is 0. The normalized spacial score (nSPS) is 14.5. The minimum absolute atomic E-state index is 0.106. The van der Waals surface area contributed by atoms with E-state index < -0.39 is 10.0 Å². The number of aromatic nitrogens is 2. The first-order valence-electron chi connectivity index (χ1n) is 11.6. The lowest BCUT2D eigenvalue weighted by Crippen LogP contribution is -2.49. The van der Waals surface area contributed by atoms with Gasteiger partial charge in [0.05, 0.1) is 10.6 Å². The number of piperazine rings is 1. The van der Waals surface area contributed by atoms with Gasteiger partial charge in [0, 0.05) is 51.4 Å². The molecular formula is C26H31N5O3S. The zero-order valence-corrected chi connectivity index (χ0v) is 21.6. The predicted molar refractivity (Wildman–Crippen MR) is 137 cm³/mol. The first-order chi connectivity index (χ1) is 16.6. The summed E-state index contributed by atoms with van der Waals surface area (Å²) < 4.78 is 25.6. The van der Waals surface area contributed by atoms with E-state index >= 15 is 0 Å². The number of hydrogen-bond acceptors (Lipinski definition) is 6. The smallest absolute Gasteiger partial charge is 0.253 e. The average molecular weight is 494 g/mol. The summed E-state index contributed by atoms with van der Waals surface area (Å²) in [4.78, 5) is 17.0. The number of carbonyl (C=O) groups is 1. The number of sulfonamides is 1. The van der Waals surface area contributed by atoms with Crippen LogP contribution in [0.5, 0.6) is 0 Å². The fourth-order valence-electron chi connectivity index (χ4n) is 4.18. The Kier molecular flexibility index (Phi) is 6.91. The molecule has 0 atom stereocenters. The first kappa shape index (κ1) is 24.8. The minimum atomic E-state index is -3.52. The van der Waals surface area contributed by atoms with Crippen LogP contribution in [0, 0.1) is 20.8 Å². The maximum absolute atomic E-state index is 12.9. The lowest BCUT2D eigenvalue weighted by atomic mass is 9.99. The second-order valence-corrected chi connectivity index (χ2v) is 11.3. The van der Waals surface area contributed by atoms with E-state index in [0.29, 0.717) is 31.7 Å². The van der Waals surface area contributed by atoms with Gasteiger partial charge in [-0.3, -0.25) is 4.79 Å². The van der Waals surface area contributed by atoms with Crippen LogP contribution in [0.1, 0.15) is 27.0 Å². The van der Waals surface area contributed by atoms with Crippen LogP contribution < -0.4 is 4.90 Å². The molecule has 0 spiro atoms. The van der Waals surface area contributed by atoms with E-state index in [4.69, 9.17) is 0 Å². The fourth-order valence-corrected chi connectivity index (χ4v) is 5.08. The summed E-state index contributed by atoms with van der Waals surface area (Å²) in [5, 5.41) is 8.93. The van der Waals surface area contributed by atoms with Crippen LogP contribution in [-0.4, -0.2) is 74.0 Å². The van der Waals surface area contributed by atoms with Crippen LogP contribution in [0.25, 0.3) is 11.3 Å². The number of anilines is 1. The van der Waals surface area contributed by atoms with E-state index in [-0.39, 0.29) is 10.8 Å². The van der Waals surface area contributed by atoms with Gasteiger partial charge >= 0.3 is 0 Å². The van der Waals surface area contributed by atoms with Crippen LogP contribution in [0.4, 0.5) is 5.82 Å². The van der Waals surface area contributed by atoms with Gasteiger partial charge in [-0.05, 0) is 79.9 Å². The Labute approximate surface area is 207 Å². The minimum Gasteiger partial charge on any atom is -0.352 e. The molecule has 3 aromatic rings. The Balaban J connectivity index is 1.40. The topological polar surface area (TPSA) is 86.7 Å². The average Bonchev–Trinajstić information content (AvgIpc) is 2.86. The van der Waals surface area contributed by atoms with Crippen LogP contribution in [0.15, 0.2) is 53.4 Å². The Morgan fingerprint density at radius 2 is 1.46 bits per heavy atom. The molecule has 1 fully saturated rings. The number of aryl methyl sites for hydroxylation is 3. The highest BCUT2D eigenvalue weighted by molar-refractivity contribution is 7.89. The summed E-state index contributed by atoms with van der Waals surface area (Å²) in [6, 6.07) is 14.4. The second-order valence-electron chi connectivity index (χ2n) is 9.12. The van der Waals surface area contributed by atoms with Gasteiger partial charge in [0.15, 0.2) is 5.82 Å². The molecule has 0 bridgehead atoms. The molecule has 0 N–H and O–H groups in total. The van der Waals surface area contributed by atoms with Crippen LogP contribution in [-0.2, 0) is 10.0 Å². The lowest BCUT2D eigenvalue weighted by Gasteiger charge is -2.35. The third-order valence-electron chi connectivity index (χ3n) is 6.54. The van der Waals surface area contributed by atoms with E-state index in [9.17, 15) is 13.2 Å². The van der Waals surface area contributed by atoms with Crippen molar-refractivity contribution in [2.45, 2.75) is 25.7 Å². The molecule has 1 saturated heterocycles. The molecule has 0 aliphatic carbocycles. The molecule has 2 aromatic carbocycles. The van der Waals surface area contributed by atoms with E-state index in [0.717, 1.165) is 21.4 Å². The molecule has 35 heavy (non-hydrogen) atoms. The number of benzene rings is 2. The number of amides is 1. The van der Waals surface area contributed by atoms with Gasteiger partial charge in [0.2, 0.25) is 10.0 Å². The summed E-state index contributed by atoms with van der Waals surface area (Å²) in [6.45, 7) is 8.69. The summed E-state index contributed by atoms with van der Waals surface area (Å²) in [5.41, 5.74) is 6.08. The third kappa shape index (κ3) is 5.06. The molecule has 4 rings (SSSR count). The lowest BCUT2D eigenvalue weighted by molar-refractivity contribution is 0.0746. The molecule has 1 aromatic heterocycles. The van der Waals surface area contributed by atoms with Crippen LogP contribution >= 0.6 is 0 Å². The highest BCUT2D eigenvalue weighted by atomic mass is 32.2. The Bertz CT molecular complexity index is 1330. The van der Waals surface area contributed by atoms with Crippen molar-refractivity contribution in [1.29, 1.82) is 0 Å². The van der Waals surface area contributed by atoms with Crippen molar-refractivity contribution in [3.8, 4) is 11.3 Å². The Morgan fingerprint density at radius 3 is 2.03 bits per heavy atom. The molecule has 0 saturated carbocycles. The van der Waals surface area contributed by atoms with E-state index in [2.05, 4.69) is 48.0 Å². The molecule has 184 valence electrons. The second kappa shape index (κ2) is 9.75. The standard InChI is InChI=1S/C26H31N5O3S/c1-18-16-20(3)23(17-19(18)2)24-10-11-25(28-27-24)30-12-14-31(15-13-30)26(32)21-6-8-22(9-7-21)35(33,34)29(4)5/h6-11,16-17H,12-15H2,1-5H3. The van der Waals surface area contributed by atoms with Gasteiger partial charge in [-0.25, -0.2) is 12.7 Å². The van der Waals surface area contributed by atoms with Crippen LogP contribution in [0.3, 0.4) is 0 Å². The Hall–Kier alpha value is -3.30. The van der Waals surface area contributed by atoms with Gasteiger partial charge in [0.1, 0.15) is 0 Å². The highest BCUT2D eigenvalue weighted by Gasteiger charge is 2.24. The number of nitrogens with zero attached hydrogens (tertiary/aromatic N) is 5. The molecule has 8 nitrogen and oxygen atoms in total. The first-order valence-corrected chi connectivity index (χ1v) is 13.0. The van der Waals surface area contributed by atoms with Gasteiger partial charge in [-0.1, -0.05) is 6.07 Å². The van der Waals surface area contributed by atoms with Gasteiger partial charge in [0.25, 0.3) is 5.91 Å². The largest absolute Gasteiger partial charge is 0.352 e. The van der Waals surface area contributed by atoms with E-state index in [1.54, 1.807) is 17.0 Å². The maximum atomic E-state index is 12.9. The molecule has 0 radical (unpaired) electrons. The monoisotopic (exact) mass is 493 g/mol. The summed E-state index contributed by atoms with van der Waals surface area (Å²) in [7, 11) is -0.556. The summed E-state index contributed by atoms with van der Waals surface area (Å²) >= 11 is 0. The van der Waals surface area contributed by atoms with Gasteiger partial charge in [-0.15, -0.1) is 10.2 Å². The van der Waals surface area contributed by atoms with Gasteiger partial charge in [-0.2, -0.15) is 0 Å². The van der Waals surface area contributed by atoms with Crippen LogP contribution in [0.2, 0.25) is 0 Å². The van der Waals surface area contributed by atoms with Crippen molar-refractivity contribution in [2.75, 3.05) is 45.2 Å². The maximum Gasteiger partial charge on any atom is 0.253 e. The van der Waals surface area contributed by atoms with Crippen molar-refractivity contribution in [2.24, 2.45) is 0 Å². The zero-order valence-electron chi connectivity index (χ0n) is 20.8. The summed E-state index contributed by atoms with van der Waals surface area (Å²) in [5.74, 6) is 0.686. The predicted octanol–water partition coefficient (Wildman–Crippen LogP) is 3.28. The SMILES string of the molecule is Cc1cc(C)c(-c2ccc(N3CCN(C(=O)c4ccc(S(=O)(=O)N(C)C)cc4)CC3)nn2)cc1C. The zero-order chi connectivity index (χ0) is 25.3. The van der Waals surface area contributed by atoms with E-state index in [1.807, 2.05) is 12.1 Å². The molecule has 1 aliphatic rings. The van der Waals surface area contributed by atoms with Crippen molar-refractivity contribution in [3.05, 3.63) is 70.8 Å². The molecular weight excluding hydrogens is 462 g/mol. The molecule has 2 heterocycles. The number of hydrogen-bond donors (Lipinski definition) is 0. The molecule has 9 heteroatoms. The molecule has 1 amide bonds. The van der Waals surface area contributed by atoms with Crippen molar-refractivity contribution in [3.63, 3.8) is 0 Å². The molecule has 1 aliphatic heterocycles. The van der Waals surface area contributed by atoms with Crippen molar-refractivity contribution < 1.29 is 13.2 Å². The van der Waals surface area contributed by atoms with Crippen molar-refractivity contribution in [1.82, 2.24) is 19.4 Å². The van der Waals surface area contributed by atoms with E-state index in [1.165, 1.54) is 42.9 Å².